The summed E-state index contributed by atoms with van der Waals surface area (Å²) < 4.78 is 10.6. The minimum Gasteiger partial charge on any atom is -0.497 e. The maximum Gasteiger partial charge on any atom is 0.338 e. The molecule has 30 heavy (non-hydrogen) atoms. The molecule has 3 aromatic rings. The number of carboxylic acid groups (broad SMARTS) is 1. The molecule has 7 heteroatoms. The number of benzene rings is 2. The summed E-state index contributed by atoms with van der Waals surface area (Å²) in [7, 11) is 1.61. The first-order valence-electron chi connectivity index (χ1n) is 9.95. The summed E-state index contributed by atoms with van der Waals surface area (Å²) >= 11 is 0. The van der Waals surface area contributed by atoms with E-state index in [9.17, 15) is 9.59 Å². The van der Waals surface area contributed by atoms with Crippen molar-refractivity contribution in [3.63, 3.8) is 0 Å². The third-order valence-corrected chi connectivity index (χ3v) is 5.50. The molecule has 0 amide bonds. The molecule has 1 aliphatic heterocycles. The summed E-state index contributed by atoms with van der Waals surface area (Å²) in [5.74, 6) is -0.198. The SMILES string of the molecule is COc1ccc2oc(=O)cc(NC3CCN(Cc4ccc(C(=O)O)cc4)CC3)c2c1. The van der Waals surface area contributed by atoms with E-state index >= 15 is 0 Å². The number of nitrogens with one attached hydrogen (secondary N) is 1. The second kappa shape index (κ2) is 8.59. The van der Waals surface area contributed by atoms with Crippen molar-refractivity contribution in [2.24, 2.45) is 0 Å². The van der Waals surface area contributed by atoms with Gasteiger partial charge in [0.05, 0.1) is 18.4 Å². The molecule has 0 saturated carbocycles. The molecule has 1 fully saturated rings. The standard InChI is InChI=1S/C23H24N2O5/c1-29-18-6-7-21-19(12-18)20(13-22(26)30-21)24-17-8-10-25(11-9-17)14-15-2-4-16(5-3-15)23(27)28/h2-7,12-13,17,24H,8-11,14H2,1H3,(H,27,28). The highest BCUT2D eigenvalue weighted by Gasteiger charge is 2.20. The van der Waals surface area contributed by atoms with Gasteiger partial charge in [0.15, 0.2) is 0 Å². The molecule has 4 rings (SSSR count). The van der Waals surface area contributed by atoms with E-state index < -0.39 is 5.97 Å². The van der Waals surface area contributed by atoms with Crippen LogP contribution in [-0.4, -0.2) is 42.2 Å². The highest BCUT2D eigenvalue weighted by molar-refractivity contribution is 5.90. The predicted molar refractivity (Wildman–Crippen MR) is 114 cm³/mol. The van der Waals surface area contributed by atoms with Crippen LogP contribution in [0.4, 0.5) is 5.69 Å². The molecule has 1 aromatic heterocycles. The zero-order valence-electron chi connectivity index (χ0n) is 16.8. The van der Waals surface area contributed by atoms with Crippen molar-refractivity contribution in [1.82, 2.24) is 4.90 Å². The van der Waals surface area contributed by atoms with Crippen LogP contribution >= 0.6 is 0 Å². The second-order valence-electron chi connectivity index (χ2n) is 7.54. The number of methoxy groups -OCH3 is 1. The molecule has 0 spiro atoms. The van der Waals surface area contributed by atoms with Crippen LogP contribution in [0.5, 0.6) is 5.75 Å². The van der Waals surface area contributed by atoms with Gasteiger partial charge in [0, 0.05) is 37.1 Å². The van der Waals surface area contributed by atoms with E-state index in [-0.39, 0.29) is 11.7 Å². The number of ether oxygens (including phenoxy) is 1. The number of piperidine rings is 1. The number of likely N-dealkylation sites (tertiary alicyclic amines) is 1. The Labute approximate surface area is 173 Å². The fourth-order valence-corrected chi connectivity index (χ4v) is 3.85. The summed E-state index contributed by atoms with van der Waals surface area (Å²) in [6, 6.07) is 14.2. The monoisotopic (exact) mass is 408 g/mol. The normalized spacial score (nSPS) is 15.2. The van der Waals surface area contributed by atoms with Crippen LogP contribution in [0.25, 0.3) is 11.0 Å². The van der Waals surface area contributed by atoms with Crippen molar-refractivity contribution >= 4 is 22.6 Å². The third-order valence-electron chi connectivity index (χ3n) is 5.50. The molecule has 1 aliphatic rings. The van der Waals surface area contributed by atoms with Crippen molar-refractivity contribution in [1.29, 1.82) is 0 Å². The van der Waals surface area contributed by atoms with Gasteiger partial charge >= 0.3 is 11.6 Å². The molecule has 0 atom stereocenters. The first-order valence-corrected chi connectivity index (χ1v) is 9.95. The van der Waals surface area contributed by atoms with Crippen LogP contribution < -0.4 is 15.7 Å². The van der Waals surface area contributed by atoms with Gasteiger partial charge in [0.2, 0.25) is 0 Å². The van der Waals surface area contributed by atoms with Crippen LogP contribution in [0.1, 0.15) is 28.8 Å². The van der Waals surface area contributed by atoms with Gasteiger partial charge in [0.1, 0.15) is 11.3 Å². The van der Waals surface area contributed by atoms with Crippen LogP contribution in [0.3, 0.4) is 0 Å². The molecular formula is C23H24N2O5. The van der Waals surface area contributed by atoms with E-state index in [2.05, 4.69) is 10.2 Å². The average molecular weight is 408 g/mol. The highest BCUT2D eigenvalue weighted by atomic mass is 16.5. The van der Waals surface area contributed by atoms with Crippen molar-refractivity contribution in [2.75, 3.05) is 25.5 Å². The molecule has 2 N–H and O–H groups in total. The van der Waals surface area contributed by atoms with Crippen LogP contribution in [-0.2, 0) is 6.54 Å². The molecule has 0 aliphatic carbocycles. The molecule has 0 unspecified atom stereocenters. The smallest absolute Gasteiger partial charge is 0.338 e. The first kappa shape index (κ1) is 20.0. The highest BCUT2D eigenvalue weighted by Crippen LogP contribution is 2.28. The van der Waals surface area contributed by atoms with Crippen LogP contribution in [0, 0.1) is 0 Å². The van der Waals surface area contributed by atoms with Crippen molar-refractivity contribution < 1.29 is 19.1 Å². The lowest BCUT2D eigenvalue weighted by Crippen LogP contribution is -2.38. The lowest BCUT2D eigenvalue weighted by molar-refractivity contribution is 0.0697. The zero-order chi connectivity index (χ0) is 21.1. The molecule has 7 nitrogen and oxygen atoms in total. The Bertz CT molecular complexity index is 1100. The molecule has 2 heterocycles. The first-order chi connectivity index (χ1) is 14.5. The number of rotatable bonds is 6. The Hall–Kier alpha value is -3.32. The molecule has 0 radical (unpaired) electrons. The topological polar surface area (TPSA) is 92.0 Å². The minimum atomic E-state index is -0.909. The van der Waals surface area contributed by atoms with Gasteiger partial charge in [0.25, 0.3) is 0 Å². The van der Waals surface area contributed by atoms with E-state index in [1.54, 1.807) is 31.4 Å². The van der Waals surface area contributed by atoms with E-state index in [1.807, 2.05) is 18.2 Å². The molecule has 2 aromatic carbocycles. The van der Waals surface area contributed by atoms with E-state index in [4.69, 9.17) is 14.3 Å². The van der Waals surface area contributed by atoms with E-state index in [1.165, 1.54) is 6.07 Å². The number of carboxylic acids is 1. The lowest BCUT2D eigenvalue weighted by atomic mass is 10.0. The summed E-state index contributed by atoms with van der Waals surface area (Å²) in [5, 5.41) is 13.4. The summed E-state index contributed by atoms with van der Waals surface area (Å²) in [6.07, 6.45) is 1.89. The molecular weight excluding hydrogens is 384 g/mol. The number of hydrogen-bond donors (Lipinski definition) is 2. The second-order valence-corrected chi connectivity index (χ2v) is 7.54. The Balaban J connectivity index is 1.40. The Morgan fingerprint density at radius 2 is 1.90 bits per heavy atom. The molecule has 156 valence electrons. The van der Waals surface area contributed by atoms with Crippen molar-refractivity contribution in [2.45, 2.75) is 25.4 Å². The molecule has 1 saturated heterocycles. The van der Waals surface area contributed by atoms with Crippen molar-refractivity contribution in [3.05, 3.63) is 70.1 Å². The number of carbonyl (C=O) groups is 1. The Kier molecular flexibility index (Phi) is 5.72. The average Bonchev–Trinajstić information content (AvgIpc) is 2.75. The quantitative estimate of drug-likeness (QED) is 0.602. The number of aromatic carboxylic acids is 1. The van der Waals surface area contributed by atoms with E-state index in [0.717, 1.165) is 49.1 Å². The molecule has 0 bridgehead atoms. The maximum atomic E-state index is 11.9. The Morgan fingerprint density at radius 3 is 2.57 bits per heavy atom. The largest absolute Gasteiger partial charge is 0.497 e. The summed E-state index contributed by atoms with van der Waals surface area (Å²) in [5.41, 5.74) is 2.33. The number of nitrogens with zero attached hydrogens (tertiary/aromatic N) is 1. The van der Waals surface area contributed by atoms with Gasteiger partial charge in [-0.2, -0.15) is 0 Å². The zero-order valence-corrected chi connectivity index (χ0v) is 16.8. The van der Waals surface area contributed by atoms with Crippen LogP contribution in [0.2, 0.25) is 0 Å². The number of hydrogen-bond acceptors (Lipinski definition) is 6. The van der Waals surface area contributed by atoms with Crippen LogP contribution in [0.15, 0.2) is 57.7 Å². The summed E-state index contributed by atoms with van der Waals surface area (Å²) in [4.78, 5) is 25.3. The van der Waals surface area contributed by atoms with E-state index in [0.29, 0.717) is 16.9 Å². The van der Waals surface area contributed by atoms with Gasteiger partial charge in [-0.25, -0.2) is 9.59 Å². The Morgan fingerprint density at radius 1 is 1.17 bits per heavy atom. The van der Waals surface area contributed by atoms with Gasteiger partial charge in [-0.15, -0.1) is 0 Å². The number of fused-ring (bicyclic) bond motifs is 1. The lowest BCUT2D eigenvalue weighted by Gasteiger charge is -2.33. The fourth-order valence-electron chi connectivity index (χ4n) is 3.85. The summed E-state index contributed by atoms with van der Waals surface area (Å²) in [6.45, 7) is 2.63. The predicted octanol–water partition coefficient (Wildman–Crippen LogP) is 3.58. The van der Waals surface area contributed by atoms with Gasteiger partial charge < -0.3 is 19.6 Å². The minimum absolute atomic E-state index is 0.256. The van der Waals surface area contributed by atoms with Gasteiger partial charge in [-0.05, 0) is 48.7 Å². The van der Waals surface area contributed by atoms with Gasteiger partial charge in [-0.1, -0.05) is 12.1 Å². The maximum absolute atomic E-state index is 11.9. The third kappa shape index (κ3) is 4.46. The van der Waals surface area contributed by atoms with Gasteiger partial charge in [-0.3, -0.25) is 4.90 Å². The fraction of sp³-hybridized carbons (Fsp3) is 0.304. The van der Waals surface area contributed by atoms with Crippen molar-refractivity contribution in [3.8, 4) is 5.75 Å². The number of anilines is 1.